The van der Waals surface area contributed by atoms with Crippen molar-refractivity contribution < 1.29 is 19.1 Å². The molecule has 0 radical (unpaired) electrons. The first-order chi connectivity index (χ1) is 14.3. The van der Waals surface area contributed by atoms with Crippen LogP contribution in [-0.2, 0) is 9.59 Å². The van der Waals surface area contributed by atoms with Gasteiger partial charge in [0, 0.05) is 6.07 Å². The third-order valence-corrected chi connectivity index (χ3v) is 5.98. The van der Waals surface area contributed by atoms with E-state index in [1.807, 2.05) is 24.3 Å². The fourth-order valence-corrected chi connectivity index (χ4v) is 3.81. The van der Waals surface area contributed by atoms with E-state index >= 15 is 0 Å². The highest BCUT2D eigenvalue weighted by atomic mass is 35.5. The van der Waals surface area contributed by atoms with Gasteiger partial charge < -0.3 is 9.47 Å². The molecule has 0 bridgehead atoms. The number of anilines is 1. The molecule has 156 valence electrons. The Labute approximate surface area is 184 Å². The highest BCUT2D eigenvalue weighted by Crippen LogP contribution is 2.35. The zero-order valence-electron chi connectivity index (χ0n) is 17.0. The lowest BCUT2D eigenvalue weighted by Crippen LogP contribution is -2.32. The van der Waals surface area contributed by atoms with E-state index in [1.54, 1.807) is 38.3 Å². The number of ether oxygens (including phenoxy) is 2. The maximum absolute atomic E-state index is 13.2. The monoisotopic (exact) mass is 444 g/mol. The minimum atomic E-state index is -0.353. The quantitative estimate of drug-likeness (QED) is 0.598. The van der Waals surface area contributed by atoms with Gasteiger partial charge >= 0.3 is 0 Å². The van der Waals surface area contributed by atoms with Crippen molar-refractivity contribution in [1.29, 1.82) is 0 Å². The van der Waals surface area contributed by atoms with Crippen molar-refractivity contribution in [3.05, 3.63) is 58.7 Å². The van der Waals surface area contributed by atoms with E-state index in [0.29, 0.717) is 21.6 Å². The molecule has 1 amide bonds. The number of hydrogen-bond acceptors (Lipinski definition) is 6. The van der Waals surface area contributed by atoms with E-state index in [2.05, 4.69) is 4.99 Å². The molecule has 1 unspecified atom stereocenters. The van der Waals surface area contributed by atoms with Gasteiger partial charge in [-0.3, -0.25) is 14.5 Å². The Balaban J connectivity index is 2.02. The molecule has 30 heavy (non-hydrogen) atoms. The Bertz CT molecular complexity index is 1030. The van der Waals surface area contributed by atoms with Crippen LogP contribution in [0, 0.1) is 0 Å². The number of benzene rings is 2. The molecule has 3 rings (SSSR count). The molecule has 0 fully saturated rings. The number of hydrogen-bond donors (Lipinski definition) is 0. The Morgan fingerprint density at radius 2 is 1.87 bits per heavy atom. The Hall–Kier alpha value is -2.77. The second-order valence-electron chi connectivity index (χ2n) is 6.53. The van der Waals surface area contributed by atoms with Crippen LogP contribution in [0.15, 0.2) is 53.2 Å². The Kier molecular flexibility index (Phi) is 6.84. The third-order valence-electron chi connectivity index (χ3n) is 4.50. The number of Topliss-reactive ketones (excluding diaryl/α,β-unsaturated/α-hetero) is 1. The predicted octanol–water partition coefficient (Wildman–Crippen LogP) is 4.81. The van der Waals surface area contributed by atoms with Gasteiger partial charge in [0.25, 0.3) is 5.91 Å². The highest BCUT2D eigenvalue weighted by molar-refractivity contribution is 8.15. The maximum atomic E-state index is 13.2. The number of methoxy groups -OCH3 is 2. The summed E-state index contributed by atoms with van der Waals surface area (Å²) in [4.78, 5) is 31.0. The summed E-state index contributed by atoms with van der Waals surface area (Å²) in [5, 5.41) is 0.505. The molecule has 0 N–H and O–H groups in total. The number of thioether (sulfide) groups is 1. The molecule has 2 aromatic carbocycles. The summed E-state index contributed by atoms with van der Waals surface area (Å²) in [5.41, 5.74) is 1.64. The van der Waals surface area contributed by atoms with Crippen LogP contribution in [0.2, 0.25) is 5.02 Å². The van der Waals surface area contributed by atoms with Crippen LogP contribution in [0.1, 0.15) is 19.4 Å². The number of halogens is 1. The molecule has 0 saturated carbocycles. The average molecular weight is 445 g/mol. The van der Waals surface area contributed by atoms with Crippen LogP contribution in [0.4, 0.5) is 5.69 Å². The van der Waals surface area contributed by atoms with E-state index in [-0.39, 0.29) is 22.6 Å². The smallest absolute Gasteiger partial charge is 0.283 e. The molecule has 0 spiro atoms. The molecule has 1 heterocycles. The summed E-state index contributed by atoms with van der Waals surface area (Å²) >= 11 is 7.36. The molecule has 2 aromatic rings. The molecule has 6 nitrogen and oxygen atoms in total. The first kappa shape index (κ1) is 21.9. The van der Waals surface area contributed by atoms with E-state index in [9.17, 15) is 9.59 Å². The topological polar surface area (TPSA) is 68.2 Å². The van der Waals surface area contributed by atoms with Gasteiger partial charge in [0.2, 0.25) is 0 Å². The number of ketones is 1. The van der Waals surface area contributed by atoms with Crippen LogP contribution in [-0.4, -0.2) is 36.3 Å². The maximum Gasteiger partial charge on any atom is 0.283 e. The summed E-state index contributed by atoms with van der Waals surface area (Å²) < 4.78 is 10.5. The lowest BCUT2D eigenvalue weighted by atomic mass is 10.2. The molecular formula is C22H21ClN2O4S. The van der Waals surface area contributed by atoms with Crippen molar-refractivity contribution in [1.82, 2.24) is 0 Å². The zero-order chi connectivity index (χ0) is 21.8. The largest absolute Gasteiger partial charge is 0.497 e. The molecule has 1 aliphatic rings. The van der Waals surface area contributed by atoms with Crippen LogP contribution >= 0.6 is 23.4 Å². The van der Waals surface area contributed by atoms with Crippen molar-refractivity contribution in [2.24, 2.45) is 4.99 Å². The van der Waals surface area contributed by atoms with Gasteiger partial charge in [-0.25, -0.2) is 4.99 Å². The number of carbonyl (C=O) groups excluding carboxylic acids is 2. The number of carbonyl (C=O) groups is 2. The molecular weight excluding hydrogens is 424 g/mol. The first-order valence-corrected chi connectivity index (χ1v) is 10.4. The molecule has 0 aromatic heterocycles. The molecule has 0 aliphatic carbocycles. The third kappa shape index (κ3) is 4.68. The second-order valence-corrected chi connectivity index (χ2v) is 8.24. The number of amidine groups is 1. The van der Waals surface area contributed by atoms with Crippen molar-refractivity contribution in [2.45, 2.75) is 19.1 Å². The van der Waals surface area contributed by atoms with Gasteiger partial charge in [-0.05, 0) is 49.8 Å². The van der Waals surface area contributed by atoms with E-state index < -0.39 is 0 Å². The summed E-state index contributed by atoms with van der Waals surface area (Å²) in [6.45, 7) is 3.30. The van der Waals surface area contributed by atoms with Gasteiger partial charge in [-0.1, -0.05) is 35.5 Å². The van der Waals surface area contributed by atoms with Crippen molar-refractivity contribution >= 4 is 52.0 Å². The van der Waals surface area contributed by atoms with E-state index in [1.165, 1.54) is 30.7 Å². The predicted molar refractivity (Wildman–Crippen MR) is 122 cm³/mol. The number of nitrogens with zero attached hydrogens (tertiary/aromatic N) is 2. The second kappa shape index (κ2) is 9.36. The molecule has 1 aliphatic heterocycles. The SMILES string of the molecule is COc1ccc(/C=C2/N=C(SC(C)C(C)=O)N(c3ccc(Cl)c(OC)c3)C2=O)cc1. The van der Waals surface area contributed by atoms with Crippen LogP contribution in [0.25, 0.3) is 6.08 Å². The zero-order valence-corrected chi connectivity index (χ0v) is 18.6. The summed E-state index contributed by atoms with van der Waals surface area (Å²) in [6.07, 6.45) is 1.70. The summed E-state index contributed by atoms with van der Waals surface area (Å²) in [7, 11) is 3.10. The van der Waals surface area contributed by atoms with Crippen molar-refractivity contribution in [2.75, 3.05) is 19.1 Å². The molecule has 0 saturated heterocycles. The van der Waals surface area contributed by atoms with Gasteiger partial charge in [0.1, 0.15) is 23.0 Å². The van der Waals surface area contributed by atoms with E-state index in [0.717, 1.165) is 11.3 Å². The molecule has 1 atom stereocenters. The number of rotatable bonds is 6. The Morgan fingerprint density at radius 3 is 2.47 bits per heavy atom. The van der Waals surface area contributed by atoms with E-state index in [4.69, 9.17) is 21.1 Å². The lowest BCUT2D eigenvalue weighted by Gasteiger charge is -2.20. The standard InChI is InChI=1S/C22H21ClN2O4S/c1-13(26)14(2)30-22-24-19(11-15-5-8-17(28-3)9-6-15)21(27)25(22)16-7-10-18(23)20(12-16)29-4/h5-12,14H,1-4H3/b19-11+. The van der Waals surface area contributed by atoms with Crippen LogP contribution in [0.5, 0.6) is 11.5 Å². The number of amides is 1. The normalized spacial score (nSPS) is 15.9. The van der Waals surface area contributed by atoms with Crippen molar-refractivity contribution in [3.8, 4) is 11.5 Å². The average Bonchev–Trinajstić information content (AvgIpc) is 3.03. The van der Waals surface area contributed by atoms with Gasteiger partial charge in [-0.15, -0.1) is 0 Å². The minimum absolute atomic E-state index is 0.00336. The molecule has 8 heteroatoms. The Morgan fingerprint density at radius 1 is 1.17 bits per heavy atom. The fraction of sp³-hybridized carbons (Fsp3) is 0.227. The highest BCUT2D eigenvalue weighted by Gasteiger charge is 2.34. The first-order valence-electron chi connectivity index (χ1n) is 9.13. The minimum Gasteiger partial charge on any atom is -0.497 e. The lowest BCUT2D eigenvalue weighted by molar-refractivity contribution is -0.116. The number of aliphatic imine (C=N–C) groups is 1. The van der Waals surface area contributed by atoms with Gasteiger partial charge in [0.05, 0.1) is 30.2 Å². The summed E-state index contributed by atoms with van der Waals surface area (Å²) in [5.74, 6) is 0.864. The van der Waals surface area contributed by atoms with Crippen LogP contribution in [0.3, 0.4) is 0 Å². The van der Waals surface area contributed by atoms with Crippen LogP contribution < -0.4 is 14.4 Å². The van der Waals surface area contributed by atoms with Gasteiger partial charge in [-0.2, -0.15) is 0 Å². The summed E-state index contributed by atoms with van der Waals surface area (Å²) in [6, 6.07) is 12.3. The van der Waals surface area contributed by atoms with Crippen molar-refractivity contribution in [3.63, 3.8) is 0 Å². The van der Waals surface area contributed by atoms with Gasteiger partial charge in [0.15, 0.2) is 5.17 Å². The fourth-order valence-electron chi connectivity index (χ4n) is 2.69.